The first kappa shape index (κ1) is 17.2. The molecule has 0 radical (unpaired) electrons. The van der Waals surface area contributed by atoms with Gasteiger partial charge in [0, 0.05) is 23.6 Å². The summed E-state index contributed by atoms with van der Waals surface area (Å²) in [5.74, 6) is -0.128. The zero-order valence-electron chi connectivity index (χ0n) is 14.7. The van der Waals surface area contributed by atoms with Crippen molar-refractivity contribution in [2.45, 2.75) is 33.1 Å². The lowest BCUT2D eigenvalue weighted by Gasteiger charge is -2.17. The van der Waals surface area contributed by atoms with Gasteiger partial charge in [0.1, 0.15) is 5.76 Å². The molecule has 2 aromatic rings. The van der Waals surface area contributed by atoms with Crippen molar-refractivity contribution in [2.24, 2.45) is 0 Å². The molecule has 4 heteroatoms. The van der Waals surface area contributed by atoms with Gasteiger partial charge >= 0.3 is 5.97 Å². The van der Waals surface area contributed by atoms with Crippen LogP contribution in [0.3, 0.4) is 0 Å². The minimum atomic E-state index is -0.412. The van der Waals surface area contributed by atoms with Gasteiger partial charge in [-0.1, -0.05) is 24.3 Å². The van der Waals surface area contributed by atoms with Crippen LogP contribution in [0.25, 0.3) is 11.3 Å². The first-order valence-electron chi connectivity index (χ1n) is 8.36. The van der Waals surface area contributed by atoms with Crippen LogP contribution in [0.4, 0.5) is 4.39 Å². The van der Waals surface area contributed by atoms with E-state index in [4.69, 9.17) is 9.47 Å². The molecule has 1 aliphatic carbocycles. The van der Waals surface area contributed by atoms with Crippen LogP contribution < -0.4 is 4.74 Å². The Bertz CT molecular complexity index is 852. The highest BCUT2D eigenvalue weighted by Gasteiger charge is 2.25. The molecule has 0 saturated carbocycles. The Morgan fingerprint density at radius 2 is 1.84 bits per heavy atom. The SMILES string of the molecule is COc1ccc2c(c1F)CCCC(c1ccccc1C)=C2OC(C)=O. The Labute approximate surface area is 147 Å². The van der Waals surface area contributed by atoms with Crippen LogP contribution in [-0.4, -0.2) is 13.1 Å². The Kier molecular flexibility index (Phi) is 4.88. The molecule has 25 heavy (non-hydrogen) atoms. The second kappa shape index (κ2) is 7.09. The van der Waals surface area contributed by atoms with E-state index >= 15 is 0 Å². The topological polar surface area (TPSA) is 35.5 Å². The highest BCUT2D eigenvalue weighted by molar-refractivity contribution is 5.93. The average Bonchev–Trinajstić information content (AvgIpc) is 2.76. The third kappa shape index (κ3) is 3.29. The number of fused-ring (bicyclic) bond motifs is 1. The van der Waals surface area contributed by atoms with Crippen LogP contribution in [0.1, 0.15) is 42.0 Å². The number of methoxy groups -OCH3 is 1. The zero-order chi connectivity index (χ0) is 18.0. The van der Waals surface area contributed by atoms with Crippen molar-refractivity contribution in [3.8, 4) is 5.75 Å². The van der Waals surface area contributed by atoms with Crippen LogP contribution in [0.2, 0.25) is 0 Å². The first-order chi connectivity index (χ1) is 12.0. The number of carbonyl (C=O) groups is 1. The number of allylic oxidation sites excluding steroid dienone is 1. The number of benzene rings is 2. The highest BCUT2D eigenvalue weighted by Crippen LogP contribution is 2.40. The quantitative estimate of drug-likeness (QED) is 0.745. The van der Waals surface area contributed by atoms with Crippen LogP contribution >= 0.6 is 0 Å². The van der Waals surface area contributed by atoms with Gasteiger partial charge < -0.3 is 9.47 Å². The normalized spacial score (nSPS) is 13.9. The van der Waals surface area contributed by atoms with Gasteiger partial charge in [-0.15, -0.1) is 0 Å². The molecule has 1 aliphatic rings. The van der Waals surface area contributed by atoms with Gasteiger partial charge in [-0.05, 0) is 49.4 Å². The Balaban J connectivity index is 2.27. The second-order valence-corrected chi connectivity index (χ2v) is 6.18. The summed E-state index contributed by atoms with van der Waals surface area (Å²) in [5.41, 5.74) is 4.24. The summed E-state index contributed by atoms with van der Waals surface area (Å²) in [6.45, 7) is 3.39. The van der Waals surface area contributed by atoms with Crippen molar-refractivity contribution in [2.75, 3.05) is 7.11 Å². The fraction of sp³-hybridized carbons (Fsp3) is 0.286. The molecule has 0 saturated heterocycles. The Morgan fingerprint density at radius 3 is 2.52 bits per heavy atom. The summed E-state index contributed by atoms with van der Waals surface area (Å²) in [6, 6.07) is 11.3. The number of carbonyl (C=O) groups excluding carboxylic acids is 1. The predicted octanol–water partition coefficient (Wildman–Crippen LogP) is 4.91. The van der Waals surface area contributed by atoms with E-state index in [1.807, 2.05) is 31.2 Å². The molecule has 0 fully saturated rings. The Morgan fingerprint density at radius 1 is 1.08 bits per heavy atom. The largest absolute Gasteiger partial charge is 0.494 e. The van der Waals surface area contributed by atoms with Crippen LogP contribution in [-0.2, 0) is 16.0 Å². The van der Waals surface area contributed by atoms with Crippen molar-refractivity contribution in [3.05, 3.63) is 64.5 Å². The van der Waals surface area contributed by atoms with Crippen molar-refractivity contribution >= 4 is 17.3 Å². The van der Waals surface area contributed by atoms with E-state index < -0.39 is 5.97 Å². The molecule has 0 aliphatic heterocycles. The molecule has 0 atom stereocenters. The summed E-state index contributed by atoms with van der Waals surface area (Å²) in [7, 11) is 1.45. The molecule has 0 heterocycles. The van der Waals surface area contributed by atoms with Gasteiger partial charge in [-0.2, -0.15) is 0 Å². The molecule has 0 unspecified atom stereocenters. The summed E-state index contributed by atoms with van der Waals surface area (Å²) in [4.78, 5) is 11.7. The molecule has 0 aromatic heterocycles. The van der Waals surface area contributed by atoms with E-state index in [2.05, 4.69) is 0 Å². The number of esters is 1. The molecule has 0 bridgehead atoms. The summed E-state index contributed by atoms with van der Waals surface area (Å²) < 4.78 is 25.4. The summed E-state index contributed by atoms with van der Waals surface area (Å²) >= 11 is 0. The third-order valence-electron chi connectivity index (χ3n) is 4.52. The lowest BCUT2D eigenvalue weighted by Crippen LogP contribution is -2.05. The third-order valence-corrected chi connectivity index (χ3v) is 4.52. The van der Waals surface area contributed by atoms with Crippen molar-refractivity contribution < 1.29 is 18.7 Å². The van der Waals surface area contributed by atoms with Crippen LogP contribution in [0.5, 0.6) is 5.75 Å². The zero-order valence-corrected chi connectivity index (χ0v) is 14.7. The van der Waals surface area contributed by atoms with Crippen molar-refractivity contribution in [1.82, 2.24) is 0 Å². The first-order valence-corrected chi connectivity index (χ1v) is 8.36. The van der Waals surface area contributed by atoms with E-state index in [-0.39, 0.29) is 11.6 Å². The maximum atomic E-state index is 14.8. The maximum absolute atomic E-state index is 14.8. The second-order valence-electron chi connectivity index (χ2n) is 6.18. The highest BCUT2D eigenvalue weighted by atomic mass is 19.1. The molecular weight excluding hydrogens is 319 g/mol. The minimum absolute atomic E-state index is 0.209. The summed E-state index contributed by atoms with van der Waals surface area (Å²) in [5, 5.41) is 0. The number of hydrogen-bond acceptors (Lipinski definition) is 3. The molecule has 0 N–H and O–H groups in total. The molecule has 3 rings (SSSR count). The van der Waals surface area contributed by atoms with Gasteiger partial charge in [0.15, 0.2) is 11.6 Å². The molecule has 0 amide bonds. The van der Waals surface area contributed by atoms with Crippen molar-refractivity contribution in [1.29, 1.82) is 0 Å². The van der Waals surface area contributed by atoms with Gasteiger partial charge in [-0.3, -0.25) is 4.79 Å². The fourth-order valence-corrected chi connectivity index (χ4v) is 3.36. The molecule has 3 nitrogen and oxygen atoms in total. The molecule has 2 aromatic carbocycles. The van der Waals surface area contributed by atoms with E-state index in [1.54, 1.807) is 12.1 Å². The number of halogens is 1. The van der Waals surface area contributed by atoms with Crippen LogP contribution in [0, 0.1) is 12.7 Å². The lowest BCUT2D eigenvalue weighted by molar-refractivity contribution is -0.134. The van der Waals surface area contributed by atoms with E-state index in [0.717, 1.165) is 23.1 Å². The Hall–Kier alpha value is -2.62. The van der Waals surface area contributed by atoms with Gasteiger partial charge in [0.25, 0.3) is 0 Å². The van der Waals surface area contributed by atoms with Crippen molar-refractivity contribution in [3.63, 3.8) is 0 Å². The molecule has 0 spiro atoms. The lowest BCUT2D eigenvalue weighted by atomic mass is 9.95. The molecular formula is C21H21FO3. The summed E-state index contributed by atoms with van der Waals surface area (Å²) in [6.07, 6.45) is 2.05. The van der Waals surface area contributed by atoms with Gasteiger partial charge in [-0.25, -0.2) is 4.39 Å². The maximum Gasteiger partial charge on any atom is 0.308 e. The van der Waals surface area contributed by atoms with E-state index in [1.165, 1.54) is 14.0 Å². The van der Waals surface area contributed by atoms with Gasteiger partial charge in [0.05, 0.1) is 7.11 Å². The average molecular weight is 340 g/mol. The predicted molar refractivity (Wildman–Crippen MR) is 95.6 cm³/mol. The molecule has 130 valence electrons. The minimum Gasteiger partial charge on any atom is -0.494 e. The van der Waals surface area contributed by atoms with E-state index in [0.29, 0.717) is 29.7 Å². The standard InChI is InChI=1S/C21H21FO3/c1-13-7-4-5-8-15(13)17-10-6-9-16-18(21(17)25-14(2)23)11-12-19(24-3)20(16)22/h4-5,7-8,11-12H,6,9-10H2,1-3H3. The number of aryl methyl sites for hydroxylation is 1. The number of ether oxygens (including phenoxy) is 2. The van der Waals surface area contributed by atoms with E-state index in [9.17, 15) is 9.18 Å². The van der Waals surface area contributed by atoms with Gasteiger partial charge in [0.2, 0.25) is 0 Å². The number of hydrogen-bond donors (Lipinski definition) is 0. The fourth-order valence-electron chi connectivity index (χ4n) is 3.36. The number of rotatable bonds is 3. The monoisotopic (exact) mass is 340 g/mol. The smallest absolute Gasteiger partial charge is 0.308 e. The van der Waals surface area contributed by atoms with Crippen LogP contribution in [0.15, 0.2) is 36.4 Å².